The number of aliphatic hydroxyl groups excluding tert-OH is 1. The van der Waals surface area contributed by atoms with Crippen molar-refractivity contribution in [1.82, 2.24) is 10.3 Å². The highest BCUT2D eigenvalue weighted by Gasteiger charge is 2.24. The first-order chi connectivity index (χ1) is 8.74. The van der Waals surface area contributed by atoms with Crippen molar-refractivity contribution in [3.63, 3.8) is 0 Å². The number of hydrogen-bond acceptors (Lipinski definition) is 4. The summed E-state index contributed by atoms with van der Waals surface area (Å²) in [6.07, 6.45) is 5.55. The number of rotatable bonds is 6. The van der Waals surface area contributed by atoms with Gasteiger partial charge >= 0.3 is 0 Å². The number of nitrogens with zero attached hydrogens (tertiary/aromatic N) is 1. The summed E-state index contributed by atoms with van der Waals surface area (Å²) in [6.45, 7) is 5.65. The minimum absolute atomic E-state index is 0.291. The van der Waals surface area contributed by atoms with Gasteiger partial charge in [-0.25, -0.2) is 4.98 Å². The molecular formula is C14H24N2OS. The highest BCUT2D eigenvalue weighted by molar-refractivity contribution is 7.11. The average Bonchev–Trinajstić information content (AvgIpc) is 2.80. The lowest BCUT2D eigenvalue weighted by atomic mass is 9.97. The van der Waals surface area contributed by atoms with E-state index in [0.29, 0.717) is 18.6 Å². The molecule has 0 saturated carbocycles. The second-order valence-electron chi connectivity index (χ2n) is 5.24. The Labute approximate surface area is 114 Å². The summed E-state index contributed by atoms with van der Waals surface area (Å²) in [5, 5.41) is 13.9. The molecule has 1 aromatic heterocycles. The molecule has 1 heterocycles. The maximum Gasteiger partial charge on any atom is 0.0928 e. The standard InChI is InChI=1S/C14H24N2OS/c1-3-13-16-12-6-4-5-11(14(12)18-13)15-9-10(2)7-8-17/h10-11,15,17H,3-9H2,1-2H3. The van der Waals surface area contributed by atoms with E-state index in [-0.39, 0.29) is 0 Å². The Morgan fingerprint density at radius 1 is 1.56 bits per heavy atom. The van der Waals surface area contributed by atoms with Gasteiger partial charge in [-0.05, 0) is 44.6 Å². The van der Waals surface area contributed by atoms with E-state index < -0.39 is 0 Å². The van der Waals surface area contributed by atoms with Crippen LogP contribution in [0.3, 0.4) is 0 Å². The zero-order valence-electron chi connectivity index (χ0n) is 11.4. The molecule has 2 N–H and O–H groups in total. The number of thiazole rings is 1. The van der Waals surface area contributed by atoms with Crippen molar-refractivity contribution in [2.24, 2.45) is 5.92 Å². The second kappa shape index (κ2) is 6.64. The van der Waals surface area contributed by atoms with E-state index in [4.69, 9.17) is 10.1 Å². The first-order valence-corrected chi connectivity index (χ1v) is 7.89. The molecule has 102 valence electrons. The first-order valence-electron chi connectivity index (χ1n) is 7.07. The first kappa shape index (κ1) is 14.0. The monoisotopic (exact) mass is 268 g/mol. The van der Waals surface area contributed by atoms with Crippen LogP contribution in [0.2, 0.25) is 0 Å². The van der Waals surface area contributed by atoms with Crippen molar-refractivity contribution in [2.75, 3.05) is 13.2 Å². The number of nitrogens with one attached hydrogen (secondary N) is 1. The molecule has 2 unspecified atom stereocenters. The van der Waals surface area contributed by atoms with Gasteiger partial charge in [0, 0.05) is 17.5 Å². The lowest BCUT2D eigenvalue weighted by Gasteiger charge is -2.24. The third-order valence-corrected chi connectivity index (χ3v) is 4.99. The van der Waals surface area contributed by atoms with Crippen molar-refractivity contribution in [1.29, 1.82) is 0 Å². The summed E-state index contributed by atoms with van der Waals surface area (Å²) in [7, 11) is 0. The largest absolute Gasteiger partial charge is 0.396 e. The molecule has 0 amide bonds. The Morgan fingerprint density at radius 3 is 3.11 bits per heavy atom. The van der Waals surface area contributed by atoms with Crippen molar-refractivity contribution in [3.05, 3.63) is 15.6 Å². The maximum absolute atomic E-state index is 8.93. The van der Waals surface area contributed by atoms with Crippen LogP contribution in [-0.2, 0) is 12.8 Å². The molecule has 0 aromatic carbocycles. The van der Waals surface area contributed by atoms with Crippen LogP contribution in [0.5, 0.6) is 0 Å². The van der Waals surface area contributed by atoms with Crippen molar-refractivity contribution >= 4 is 11.3 Å². The second-order valence-corrected chi connectivity index (χ2v) is 6.36. The van der Waals surface area contributed by atoms with Gasteiger partial charge in [-0.15, -0.1) is 11.3 Å². The van der Waals surface area contributed by atoms with E-state index >= 15 is 0 Å². The zero-order valence-corrected chi connectivity index (χ0v) is 12.2. The maximum atomic E-state index is 8.93. The summed E-state index contributed by atoms with van der Waals surface area (Å²) >= 11 is 1.89. The van der Waals surface area contributed by atoms with Gasteiger partial charge in [-0.3, -0.25) is 0 Å². The third-order valence-electron chi connectivity index (χ3n) is 3.63. The van der Waals surface area contributed by atoms with E-state index in [1.165, 1.54) is 28.4 Å². The molecule has 0 saturated heterocycles. The molecular weight excluding hydrogens is 244 g/mol. The minimum atomic E-state index is 0.291. The summed E-state index contributed by atoms with van der Waals surface area (Å²) in [4.78, 5) is 6.19. The summed E-state index contributed by atoms with van der Waals surface area (Å²) in [5.41, 5.74) is 1.33. The van der Waals surface area contributed by atoms with Crippen LogP contribution >= 0.6 is 11.3 Å². The lowest BCUT2D eigenvalue weighted by Crippen LogP contribution is -2.28. The van der Waals surface area contributed by atoms with Gasteiger partial charge in [0.05, 0.1) is 10.7 Å². The Balaban J connectivity index is 1.96. The van der Waals surface area contributed by atoms with E-state index in [1.54, 1.807) is 0 Å². The molecule has 1 aliphatic carbocycles. The van der Waals surface area contributed by atoms with Gasteiger partial charge < -0.3 is 10.4 Å². The zero-order chi connectivity index (χ0) is 13.0. The van der Waals surface area contributed by atoms with Gasteiger partial charge in [0.2, 0.25) is 0 Å². The molecule has 0 fully saturated rings. The summed E-state index contributed by atoms with van der Waals surface area (Å²) in [6, 6.07) is 0.493. The molecule has 1 aliphatic rings. The van der Waals surface area contributed by atoms with Crippen LogP contribution < -0.4 is 5.32 Å². The van der Waals surface area contributed by atoms with E-state index in [0.717, 1.165) is 25.8 Å². The Bertz CT molecular complexity index is 378. The summed E-state index contributed by atoms with van der Waals surface area (Å²) < 4.78 is 0. The quantitative estimate of drug-likeness (QED) is 0.834. The molecule has 1 aromatic rings. The number of fused-ring (bicyclic) bond motifs is 1. The van der Waals surface area contributed by atoms with Gasteiger partial charge in [-0.1, -0.05) is 13.8 Å². The van der Waals surface area contributed by atoms with Gasteiger partial charge in [0.1, 0.15) is 0 Å². The molecule has 4 heteroatoms. The molecule has 0 bridgehead atoms. The molecule has 0 radical (unpaired) electrons. The number of aryl methyl sites for hydroxylation is 2. The van der Waals surface area contributed by atoms with Crippen LogP contribution in [-0.4, -0.2) is 23.2 Å². The Hall–Kier alpha value is -0.450. The smallest absolute Gasteiger partial charge is 0.0928 e. The van der Waals surface area contributed by atoms with Crippen LogP contribution in [0.15, 0.2) is 0 Å². The van der Waals surface area contributed by atoms with E-state index in [2.05, 4.69) is 19.2 Å². The Morgan fingerprint density at radius 2 is 2.39 bits per heavy atom. The summed E-state index contributed by atoms with van der Waals surface area (Å²) in [5.74, 6) is 0.541. The number of aliphatic hydroxyl groups is 1. The van der Waals surface area contributed by atoms with Crippen molar-refractivity contribution in [3.8, 4) is 0 Å². The number of hydrogen-bond donors (Lipinski definition) is 2. The van der Waals surface area contributed by atoms with Crippen LogP contribution in [0.25, 0.3) is 0 Å². The molecule has 0 aliphatic heterocycles. The fourth-order valence-electron chi connectivity index (χ4n) is 2.48. The predicted molar refractivity (Wildman–Crippen MR) is 76.0 cm³/mol. The highest BCUT2D eigenvalue weighted by Crippen LogP contribution is 2.34. The normalized spacial score (nSPS) is 20.7. The van der Waals surface area contributed by atoms with Crippen molar-refractivity contribution < 1.29 is 5.11 Å². The van der Waals surface area contributed by atoms with Crippen LogP contribution in [0.1, 0.15) is 54.7 Å². The molecule has 0 spiro atoms. The lowest BCUT2D eigenvalue weighted by molar-refractivity contribution is 0.256. The molecule has 2 rings (SSSR count). The van der Waals surface area contributed by atoms with Crippen LogP contribution in [0.4, 0.5) is 0 Å². The van der Waals surface area contributed by atoms with Crippen LogP contribution in [0, 0.1) is 5.92 Å². The van der Waals surface area contributed by atoms with Gasteiger partial charge in [0.15, 0.2) is 0 Å². The molecule has 2 atom stereocenters. The number of aromatic nitrogens is 1. The highest BCUT2D eigenvalue weighted by atomic mass is 32.1. The molecule has 3 nitrogen and oxygen atoms in total. The fraction of sp³-hybridized carbons (Fsp3) is 0.786. The third kappa shape index (κ3) is 3.31. The molecule has 18 heavy (non-hydrogen) atoms. The van der Waals surface area contributed by atoms with E-state index in [9.17, 15) is 0 Å². The SMILES string of the molecule is CCc1nc2c(s1)C(NCC(C)CCO)CCC2. The fourth-order valence-corrected chi connectivity index (χ4v) is 3.65. The predicted octanol–water partition coefficient (Wildman–Crippen LogP) is 2.69. The van der Waals surface area contributed by atoms with Gasteiger partial charge in [0.25, 0.3) is 0 Å². The minimum Gasteiger partial charge on any atom is -0.396 e. The van der Waals surface area contributed by atoms with Crippen molar-refractivity contribution in [2.45, 2.75) is 52.0 Å². The Kier molecular flexibility index (Phi) is 5.15. The average molecular weight is 268 g/mol. The topological polar surface area (TPSA) is 45.2 Å². The van der Waals surface area contributed by atoms with E-state index in [1.807, 2.05) is 11.3 Å². The van der Waals surface area contributed by atoms with Gasteiger partial charge in [-0.2, -0.15) is 0 Å².